The number of carbonyl (C=O) groups excluding carboxylic acids is 1. The average molecular weight is 829 g/mol. The average Bonchev–Trinajstić information content (AvgIpc) is 3.20. The number of hydrogen-bond acceptors (Lipinski definition) is 26. The van der Waals surface area contributed by atoms with Crippen molar-refractivity contribution in [2.45, 2.75) is 147 Å². The van der Waals surface area contributed by atoms with Crippen LogP contribution in [0.2, 0.25) is 0 Å². The van der Waals surface area contributed by atoms with Crippen molar-refractivity contribution in [1.29, 1.82) is 0 Å². The lowest BCUT2D eigenvalue weighted by Gasteiger charge is -2.48. The fourth-order valence-electron chi connectivity index (χ4n) is 6.47. The van der Waals surface area contributed by atoms with Crippen molar-refractivity contribution in [1.82, 2.24) is 0 Å². The first-order valence-corrected chi connectivity index (χ1v) is 17.4. The monoisotopic (exact) mass is 828 g/mol. The summed E-state index contributed by atoms with van der Waals surface area (Å²) in [5, 5.41) is 174. The molecule has 0 bridgehead atoms. The summed E-state index contributed by atoms with van der Waals surface area (Å²) in [6, 6.07) is 0. The second-order valence-corrected chi connectivity index (χ2v) is 13.6. The summed E-state index contributed by atoms with van der Waals surface area (Å²) in [5.41, 5.74) is 0. The molecule has 26 heteroatoms. The third kappa shape index (κ3) is 10.2. The van der Waals surface area contributed by atoms with E-state index in [1.54, 1.807) is 0 Å². The van der Waals surface area contributed by atoms with E-state index in [2.05, 4.69) is 0 Å². The Hall–Kier alpha value is -1.33. The maximum atomic E-state index is 11.1. The zero-order chi connectivity index (χ0) is 41.8. The number of carbonyl (C=O) groups is 1. The molecule has 0 saturated carbocycles. The molecule has 0 aromatic heterocycles. The highest BCUT2D eigenvalue weighted by Gasteiger charge is 2.54. The highest BCUT2D eigenvalue weighted by molar-refractivity contribution is 5.56. The van der Waals surface area contributed by atoms with Gasteiger partial charge in [0.15, 0.2) is 31.4 Å². The molecule has 4 aliphatic rings. The van der Waals surface area contributed by atoms with Gasteiger partial charge in [-0.15, -0.1) is 0 Å². The Balaban J connectivity index is 1.42. The normalized spacial score (nSPS) is 47.2. The Kier molecular flexibility index (Phi) is 17.6. The van der Waals surface area contributed by atoms with E-state index >= 15 is 0 Å². The predicted molar refractivity (Wildman–Crippen MR) is 168 cm³/mol. The van der Waals surface area contributed by atoms with E-state index in [-0.39, 0.29) is 6.29 Å². The Bertz CT molecular complexity index is 1180. The van der Waals surface area contributed by atoms with Gasteiger partial charge in [0, 0.05) is 0 Å². The molecular formula is C30H52O26. The molecule has 4 rings (SSSR count). The lowest BCUT2D eigenvalue weighted by Crippen LogP contribution is -2.67. The van der Waals surface area contributed by atoms with Gasteiger partial charge in [0.1, 0.15) is 122 Å². The van der Waals surface area contributed by atoms with Crippen LogP contribution in [0.25, 0.3) is 0 Å². The van der Waals surface area contributed by atoms with Gasteiger partial charge in [-0.1, -0.05) is 0 Å². The standard InChI is InChI=1S/C30H52O26/c31-1-7(36)13(38)24(8(37)2-32)54-29-22(47)18(43)26(10(4-34)51-29)56-30-23(48)19(44)25(11(5-35)52-30)55-28-21(46)17(42)15(40)12(53-28)6-49-27-20(45)16(41)14(39)9(3-33)50-27/h1,7-30,32-48H,2-6H2/t7-,8+,9+,10+,11+,12+,13+,14+,15+,16-,17-,18+,19+,20+,21+,22+,23+,24+,25+,26+,27-,28+,29+,30+/m0/s1. The van der Waals surface area contributed by atoms with Crippen LogP contribution in [0.1, 0.15) is 0 Å². The minimum atomic E-state index is -2.17. The highest BCUT2D eigenvalue weighted by Crippen LogP contribution is 2.34. The van der Waals surface area contributed by atoms with Crippen molar-refractivity contribution >= 4 is 6.29 Å². The van der Waals surface area contributed by atoms with Gasteiger partial charge in [0.25, 0.3) is 0 Å². The number of aldehydes is 1. The van der Waals surface area contributed by atoms with E-state index in [4.69, 9.17) is 37.9 Å². The molecular weight excluding hydrogens is 776 g/mol. The summed E-state index contributed by atoms with van der Waals surface area (Å²) in [6.07, 6.45) is -45.8. The molecule has 56 heavy (non-hydrogen) atoms. The van der Waals surface area contributed by atoms with Gasteiger partial charge >= 0.3 is 0 Å². The van der Waals surface area contributed by atoms with E-state index < -0.39 is 180 Å². The largest absolute Gasteiger partial charge is 0.394 e. The molecule has 0 amide bonds. The van der Waals surface area contributed by atoms with Crippen molar-refractivity contribution in [2.75, 3.05) is 33.0 Å². The molecule has 26 nitrogen and oxygen atoms in total. The van der Waals surface area contributed by atoms with Crippen molar-refractivity contribution in [3.05, 3.63) is 0 Å². The summed E-state index contributed by atoms with van der Waals surface area (Å²) < 4.78 is 43.5. The summed E-state index contributed by atoms with van der Waals surface area (Å²) in [6.45, 7) is -4.59. The van der Waals surface area contributed by atoms with Gasteiger partial charge in [-0.05, 0) is 0 Å². The third-order valence-corrected chi connectivity index (χ3v) is 9.85. The lowest BCUT2D eigenvalue weighted by molar-refractivity contribution is -0.384. The maximum Gasteiger partial charge on any atom is 0.187 e. The first-order chi connectivity index (χ1) is 26.4. The summed E-state index contributed by atoms with van der Waals surface area (Å²) >= 11 is 0. The van der Waals surface area contributed by atoms with Crippen LogP contribution >= 0.6 is 0 Å². The minimum absolute atomic E-state index is 0.112. The lowest BCUT2D eigenvalue weighted by atomic mass is 9.96. The Morgan fingerprint density at radius 3 is 1.39 bits per heavy atom. The van der Waals surface area contributed by atoms with Gasteiger partial charge in [-0.3, -0.25) is 0 Å². The van der Waals surface area contributed by atoms with Crippen LogP contribution in [0.5, 0.6) is 0 Å². The molecule has 4 saturated heterocycles. The first kappa shape index (κ1) is 47.3. The van der Waals surface area contributed by atoms with E-state index in [1.807, 2.05) is 0 Å². The number of aliphatic hydroxyl groups excluding tert-OH is 17. The zero-order valence-electron chi connectivity index (χ0n) is 29.2. The number of rotatable bonds is 17. The van der Waals surface area contributed by atoms with Crippen LogP contribution in [0.15, 0.2) is 0 Å². The van der Waals surface area contributed by atoms with Gasteiger partial charge in [0.05, 0.1) is 33.0 Å². The van der Waals surface area contributed by atoms with Crippen LogP contribution in [0.3, 0.4) is 0 Å². The fourth-order valence-corrected chi connectivity index (χ4v) is 6.47. The van der Waals surface area contributed by atoms with Crippen LogP contribution < -0.4 is 0 Å². The van der Waals surface area contributed by atoms with E-state index in [0.717, 1.165) is 0 Å². The van der Waals surface area contributed by atoms with Crippen molar-refractivity contribution in [2.24, 2.45) is 0 Å². The van der Waals surface area contributed by atoms with Crippen LogP contribution in [0.4, 0.5) is 0 Å². The number of aliphatic hydroxyl groups is 17. The Morgan fingerprint density at radius 1 is 0.500 bits per heavy atom. The fraction of sp³-hybridized carbons (Fsp3) is 0.967. The molecule has 0 aromatic rings. The van der Waals surface area contributed by atoms with E-state index in [0.29, 0.717) is 0 Å². The number of ether oxygens (including phenoxy) is 8. The van der Waals surface area contributed by atoms with Crippen LogP contribution in [-0.2, 0) is 42.7 Å². The van der Waals surface area contributed by atoms with E-state index in [9.17, 15) is 91.6 Å². The molecule has 4 aliphatic heterocycles. The molecule has 24 atom stereocenters. The number of hydrogen-bond donors (Lipinski definition) is 17. The van der Waals surface area contributed by atoms with E-state index in [1.165, 1.54) is 0 Å². The Morgan fingerprint density at radius 2 is 0.911 bits per heavy atom. The van der Waals surface area contributed by atoms with Crippen LogP contribution in [-0.4, -0.2) is 273 Å². The molecule has 0 spiro atoms. The molecule has 4 heterocycles. The smallest absolute Gasteiger partial charge is 0.187 e. The van der Waals surface area contributed by atoms with Gasteiger partial charge in [0.2, 0.25) is 0 Å². The SMILES string of the molecule is O=C[C@H](O)[C@@H](O)[C@H](O[C@H]1O[C@H](CO)[C@@H](O[C@H]2O[C@H](CO)[C@@H](O[C@H]3O[C@H](CO[C@H]4O[C@H](CO)[C@@H](O)[C@H](O)[C@H]4O)[C@@H](O)[C@H](O)[C@H]3O)[C@H](O)[C@H]2O)[C@H](O)[C@H]1O)[C@H](O)CO. The Labute approximate surface area is 316 Å². The van der Waals surface area contributed by atoms with Gasteiger partial charge in [-0.25, -0.2) is 0 Å². The van der Waals surface area contributed by atoms with Crippen molar-refractivity contribution in [3.63, 3.8) is 0 Å². The summed E-state index contributed by atoms with van der Waals surface area (Å²) in [7, 11) is 0. The molecule has 4 fully saturated rings. The van der Waals surface area contributed by atoms with Crippen molar-refractivity contribution in [3.8, 4) is 0 Å². The highest BCUT2D eigenvalue weighted by atomic mass is 16.8. The van der Waals surface area contributed by atoms with Gasteiger partial charge < -0.3 is 130 Å². The zero-order valence-corrected chi connectivity index (χ0v) is 29.2. The topological polar surface area (TPSA) is 435 Å². The molecule has 0 aromatic carbocycles. The minimum Gasteiger partial charge on any atom is -0.394 e. The summed E-state index contributed by atoms with van der Waals surface area (Å²) in [5.74, 6) is 0. The molecule has 328 valence electrons. The van der Waals surface area contributed by atoms with Crippen molar-refractivity contribution < 1.29 is 130 Å². The predicted octanol–water partition coefficient (Wildman–Crippen LogP) is -12.1. The maximum absolute atomic E-state index is 11.1. The summed E-state index contributed by atoms with van der Waals surface area (Å²) in [4.78, 5) is 11.0. The second-order valence-electron chi connectivity index (χ2n) is 13.6. The molecule has 0 radical (unpaired) electrons. The second kappa shape index (κ2) is 20.8. The molecule has 0 unspecified atom stereocenters. The quantitative estimate of drug-likeness (QED) is 0.0605. The first-order valence-electron chi connectivity index (χ1n) is 17.4. The third-order valence-electron chi connectivity index (χ3n) is 9.85. The molecule has 17 N–H and O–H groups in total. The molecule has 0 aliphatic carbocycles. The van der Waals surface area contributed by atoms with Gasteiger partial charge in [-0.2, -0.15) is 0 Å². The van der Waals surface area contributed by atoms with Crippen LogP contribution in [0, 0.1) is 0 Å².